The van der Waals surface area contributed by atoms with Crippen LogP contribution in [0.15, 0.2) is 53.4 Å². The number of carbonyl (C=O) groups is 3. The van der Waals surface area contributed by atoms with Gasteiger partial charge in [-0.2, -0.15) is 0 Å². The topological polar surface area (TPSA) is 74.7 Å². The van der Waals surface area contributed by atoms with Crippen molar-refractivity contribution in [1.29, 1.82) is 0 Å². The van der Waals surface area contributed by atoms with Crippen molar-refractivity contribution in [3.63, 3.8) is 0 Å². The molecule has 2 aromatic rings. The Hall–Kier alpha value is -2.57. The van der Waals surface area contributed by atoms with Crippen LogP contribution in [-0.2, 0) is 4.79 Å². The molecular formula is C18H12ClNO4S. The van der Waals surface area contributed by atoms with E-state index in [1.165, 1.54) is 18.2 Å². The Balaban J connectivity index is 1.77. The summed E-state index contributed by atoms with van der Waals surface area (Å²) >= 11 is 6.55. The van der Waals surface area contributed by atoms with Crippen LogP contribution in [0.1, 0.15) is 15.9 Å². The van der Waals surface area contributed by atoms with Gasteiger partial charge >= 0.3 is 0 Å². The summed E-state index contributed by atoms with van der Waals surface area (Å²) in [7, 11) is 0. The molecule has 126 valence electrons. The monoisotopic (exact) mass is 373 g/mol. The van der Waals surface area contributed by atoms with E-state index in [0.717, 1.165) is 16.7 Å². The van der Waals surface area contributed by atoms with Crippen molar-refractivity contribution in [2.45, 2.75) is 0 Å². The lowest BCUT2D eigenvalue weighted by atomic mass is 10.1. The number of aromatic hydroxyl groups is 1. The Labute approximate surface area is 152 Å². The summed E-state index contributed by atoms with van der Waals surface area (Å²) in [6.07, 6.45) is 1.51. The molecule has 5 nitrogen and oxygen atoms in total. The van der Waals surface area contributed by atoms with E-state index in [-0.39, 0.29) is 23.0 Å². The molecule has 7 heteroatoms. The number of hydrogen-bond donors (Lipinski definition) is 1. The number of ketones is 1. The van der Waals surface area contributed by atoms with E-state index >= 15 is 0 Å². The molecule has 1 aliphatic heterocycles. The molecule has 0 saturated carbocycles. The van der Waals surface area contributed by atoms with Gasteiger partial charge in [-0.25, -0.2) is 0 Å². The summed E-state index contributed by atoms with van der Waals surface area (Å²) < 4.78 is 0. The Morgan fingerprint density at radius 2 is 1.88 bits per heavy atom. The van der Waals surface area contributed by atoms with E-state index in [1.54, 1.807) is 36.4 Å². The lowest BCUT2D eigenvalue weighted by Crippen LogP contribution is -2.33. The first-order chi connectivity index (χ1) is 11.9. The Morgan fingerprint density at radius 3 is 2.56 bits per heavy atom. The smallest absolute Gasteiger partial charge is 0.293 e. The number of phenolic OH excluding ortho intramolecular Hbond substituents is 1. The minimum Gasteiger partial charge on any atom is -0.508 e. The zero-order valence-corrected chi connectivity index (χ0v) is 14.4. The summed E-state index contributed by atoms with van der Waals surface area (Å²) in [5.74, 6) is -0.816. The van der Waals surface area contributed by atoms with E-state index in [1.807, 2.05) is 0 Å². The van der Waals surface area contributed by atoms with Gasteiger partial charge in [0.25, 0.3) is 11.1 Å². The second-order valence-electron chi connectivity index (χ2n) is 5.29. The maximum atomic E-state index is 12.4. The lowest BCUT2D eigenvalue weighted by Gasteiger charge is -2.11. The van der Waals surface area contributed by atoms with Crippen molar-refractivity contribution in [2.75, 3.05) is 6.54 Å². The number of Topliss-reactive ketones (excluding diaryl/α,β-unsaturated/α-hetero) is 1. The predicted molar refractivity (Wildman–Crippen MR) is 96.6 cm³/mol. The average Bonchev–Trinajstić information content (AvgIpc) is 2.83. The van der Waals surface area contributed by atoms with E-state index in [2.05, 4.69) is 0 Å². The highest BCUT2D eigenvalue weighted by Gasteiger charge is 2.36. The lowest BCUT2D eigenvalue weighted by molar-refractivity contribution is -0.122. The van der Waals surface area contributed by atoms with Gasteiger partial charge < -0.3 is 5.11 Å². The number of halogens is 1. The molecule has 1 aliphatic rings. The van der Waals surface area contributed by atoms with Crippen molar-refractivity contribution in [2.24, 2.45) is 0 Å². The maximum absolute atomic E-state index is 12.4. The summed E-state index contributed by atoms with van der Waals surface area (Å²) in [6, 6.07) is 12.6. The molecule has 0 aromatic heterocycles. The highest BCUT2D eigenvalue weighted by molar-refractivity contribution is 8.18. The van der Waals surface area contributed by atoms with Gasteiger partial charge in [-0.3, -0.25) is 19.3 Å². The second-order valence-corrected chi connectivity index (χ2v) is 6.72. The molecular weight excluding hydrogens is 362 g/mol. The largest absolute Gasteiger partial charge is 0.508 e. The summed E-state index contributed by atoms with van der Waals surface area (Å²) in [6.45, 7) is -0.330. The summed E-state index contributed by atoms with van der Waals surface area (Å²) in [5, 5.41) is 9.46. The van der Waals surface area contributed by atoms with Crippen LogP contribution in [0.4, 0.5) is 4.79 Å². The van der Waals surface area contributed by atoms with Gasteiger partial charge in [-0.1, -0.05) is 23.7 Å². The molecule has 2 amide bonds. The highest BCUT2D eigenvalue weighted by atomic mass is 35.5. The number of nitrogens with zero attached hydrogens (tertiary/aromatic N) is 1. The third-order valence-electron chi connectivity index (χ3n) is 3.51. The zero-order chi connectivity index (χ0) is 18.0. The molecule has 0 radical (unpaired) electrons. The first-order valence-electron chi connectivity index (χ1n) is 7.27. The first kappa shape index (κ1) is 17.3. The van der Waals surface area contributed by atoms with Crippen LogP contribution in [0.2, 0.25) is 5.02 Å². The third kappa shape index (κ3) is 3.92. The molecule has 0 aliphatic carbocycles. The Morgan fingerprint density at radius 1 is 1.16 bits per heavy atom. The molecule has 25 heavy (non-hydrogen) atoms. The van der Waals surface area contributed by atoms with Crippen molar-refractivity contribution in [3.05, 3.63) is 69.6 Å². The van der Waals surface area contributed by atoms with Gasteiger partial charge in [0.1, 0.15) is 5.75 Å². The summed E-state index contributed by atoms with van der Waals surface area (Å²) in [5.41, 5.74) is 0.968. The molecule has 0 atom stereocenters. The zero-order valence-electron chi connectivity index (χ0n) is 12.8. The molecule has 2 aromatic carbocycles. The third-order valence-corrected chi connectivity index (χ3v) is 4.67. The molecule has 0 unspecified atom stereocenters. The fraction of sp³-hybridized carbons (Fsp3) is 0.0556. The second kappa shape index (κ2) is 7.13. The molecule has 0 bridgehead atoms. The van der Waals surface area contributed by atoms with Crippen molar-refractivity contribution >= 4 is 46.4 Å². The van der Waals surface area contributed by atoms with E-state index in [0.29, 0.717) is 16.1 Å². The van der Waals surface area contributed by atoms with Gasteiger partial charge in [-0.05, 0) is 59.8 Å². The van der Waals surface area contributed by atoms with Crippen LogP contribution >= 0.6 is 23.4 Å². The van der Waals surface area contributed by atoms with Gasteiger partial charge in [-0.15, -0.1) is 0 Å². The minimum atomic E-state index is -0.527. The fourth-order valence-electron chi connectivity index (χ4n) is 2.27. The minimum absolute atomic E-state index is 0.0610. The molecule has 1 fully saturated rings. The number of phenols is 1. The predicted octanol–water partition coefficient (Wildman–Crippen LogP) is 3.96. The van der Waals surface area contributed by atoms with Crippen LogP contribution in [-0.4, -0.2) is 33.5 Å². The number of carbonyl (C=O) groups excluding carboxylic acids is 3. The molecule has 3 rings (SSSR count). The van der Waals surface area contributed by atoms with Crippen LogP contribution in [0, 0.1) is 0 Å². The number of thioether (sulfide) groups is 1. The van der Waals surface area contributed by atoms with Crippen molar-refractivity contribution < 1.29 is 19.5 Å². The first-order valence-corrected chi connectivity index (χ1v) is 8.46. The van der Waals surface area contributed by atoms with E-state index in [4.69, 9.17) is 11.6 Å². The number of imide groups is 1. The van der Waals surface area contributed by atoms with E-state index < -0.39 is 11.1 Å². The Kier molecular flexibility index (Phi) is 4.92. The molecule has 1 N–H and O–H groups in total. The van der Waals surface area contributed by atoms with E-state index in [9.17, 15) is 19.5 Å². The van der Waals surface area contributed by atoms with Crippen LogP contribution in [0.3, 0.4) is 0 Å². The SMILES string of the molecule is O=C(CN1C(=O)S/C(=C/c2cccc(O)c2)C1=O)c1ccc(Cl)cc1. The summed E-state index contributed by atoms with van der Waals surface area (Å²) in [4.78, 5) is 37.9. The standard InChI is InChI=1S/C18H12ClNO4S/c19-13-6-4-12(5-7-13)15(22)10-20-17(23)16(25-18(20)24)9-11-2-1-3-14(21)8-11/h1-9,21H,10H2/b16-9+. The van der Waals surface area contributed by atoms with Gasteiger partial charge in [0.15, 0.2) is 5.78 Å². The quantitative estimate of drug-likeness (QED) is 0.648. The van der Waals surface area contributed by atoms with Crippen LogP contribution in [0.5, 0.6) is 5.75 Å². The van der Waals surface area contributed by atoms with Gasteiger partial charge in [0.05, 0.1) is 11.4 Å². The highest BCUT2D eigenvalue weighted by Crippen LogP contribution is 2.32. The fourth-order valence-corrected chi connectivity index (χ4v) is 3.24. The molecule has 0 spiro atoms. The Bertz CT molecular complexity index is 892. The molecule has 1 heterocycles. The van der Waals surface area contributed by atoms with Crippen LogP contribution < -0.4 is 0 Å². The van der Waals surface area contributed by atoms with Crippen LogP contribution in [0.25, 0.3) is 6.08 Å². The van der Waals surface area contributed by atoms with Crippen molar-refractivity contribution in [3.8, 4) is 5.75 Å². The number of rotatable bonds is 4. The van der Waals surface area contributed by atoms with Gasteiger partial charge in [0.2, 0.25) is 0 Å². The average molecular weight is 374 g/mol. The maximum Gasteiger partial charge on any atom is 0.293 e. The van der Waals surface area contributed by atoms with Crippen molar-refractivity contribution in [1.82, 2.24) is 4.90 Å². The normalized spacial score (nSPS) is 15.9. The van der Waals surface area contributed by atoms with Gasteiger partial charge in [0, 0.05) is 10.6 Å². The molecule has 1 saturated heterocycles. The number of amides is 2. The number of benzene rings is 2. The number of hydrogen-bond acceptors (Lipinski definition) is 5.